The number of allylic oxidation sites excluding steroid dienone is 1. The summed E-state index contributed by atoms with van der Waals surface area (Å²) in [6.45, 7) is 12.9. The highest BCUT2D eigenvalue weighted by Crippen LogP contribution is 2.25. The van der Waals surface area contributed by atoms with Crippen molar-refractivity contribution < 1.29 is 14.8 Å². The lowest BCUT2D eigenvalue weighted by molar-refractivity contribution is -0.0985. The predicted molar refractivity (Wildman–Crippen MR) is 68.0 cm³/mol. The maximum absolute atomic E-state index is 9.86. The van der Waals surface area contributed by atoms with E-state index in [1.165, 1.54) is 0 Å². The van der Waals surface area contributed by atoms with E-state index in [4.69, 9.17) is 4.65 Å². The summed E-state index contributed by atoms with van der Waals surface area (Å²) in [7, 11) is -0.999. The van der Waals surface area contributed by atoms with Gasteiger partial charge < -0.3 is 14.8 Å². The van der Waals surface area contributed by atoms with E-state index in [-0.39, 0.29) is 5.41 Å². The van der Waals surface area contributed by atoms with Crippen LogP contribution < -0.4 is 0 Å². The molecule has 0 aromatic heterocycles. The van der Waals surface area contributed by atoms with E-state index in [0.29, 0.717) is 0 Å². The maximum atomic E-state index is 9.86. The fraction of sp³-hybridized carbons (Fsp3) is 0.833. The first kappa shape index (κ1) is 15.7. The van der Waals surface area contributed by atoms with Gasteiger partial charge >= 0.3 is 7.12 Å². The molecule has 0 radical (unpaired) electrons. The Morgan fingerprint density at radius 2 is 1.44 bits per heavy atom. The van der Waals surface area contributed by atoms with Crippen LogP contribution in [-0.2, 0) is 4.65 Å². The third kappa shape index (κ3) is 5.68. The van der Waals surface area contributed by atoms with Gasteiger partial charge in [0.05, 0.1) is 11.2 Å². The van der Waals surface area contributed by atoms with Gasteiger partial charge in [0.25, 0.3) is 0 Å². The van der Waals surface area contributed by atoms with Crippen LogP contribution in [0.25, 0.3) is 0 Å². The lowest BCUT2D eigenvalue weighted by Crippen LogP contribution is -2.50. The van der Waals surface area contributed by atoms with Gasteiger partial charge in [0.1, 0.15) is 0 Å². The van der Waals surface area contributed by atoms with E-state index in [1.54, 1.807) is 33.7 Å². The fourth-order valence-electron chi connectivity index (χ4n) is 0.856. The summed E-state index contributed by atoms with van der Waals surface area (Å²) in [5.74, 6) is 1.60. The third-order valence-electron chi connectivity index (χ3n) is 2.65. The molecular weight excluding hydrogens is 203 g/mol. The van der Waals surface area contributed by atoms with Gasteiger partial charge in [-0.05, 0) is 33.1 Å². The molecule has 0 spiro atoms. The smallest absolute Gasteiger partial charge is 0.423 e. The van der Waals surface area contributed by atoms with Crippen LogP contribution in [0.5, 0.6) is 0 Å². The molecule has 16 heavy (non-hydrogen) atoms. The molecule has 0 saturated heterocycles. The minimum absolute atomic E-state index is 0.00319. The Morgan fingerprint density at radius 1 is 1.00 bits per heavy atom. The Kier molecular flexibility index (Phi) is 4.81. The van der Waals surface area contributed by atoms with E-state index >= 15 is 0 Å². The minimum Gasteiger partial charge on any atom is -0.423 e. The quantitative estimate of drug-likeness (QED) is 0.725. The topological polar surface area (TPSA) is 49.7 Å². The van der Waals surface area contributed by atoms with Crippen molar-refractivity contribution in [2.24, 2.45) is 5.41 Å². The summed E-state index contributed by atoms with van der Waals surface area (Å²) < 4.78 is 5.42. The largest absolute Gasteiger partial charge is 0.483 e. The summed E-state index contributed by atoms with van der Waals surface area (Å²) in [5, 5.41) is 19.6. The number of aliphatic hydroxyl groups is 1. The zero-order valence-electron chi connectivity index (χ0n) is 11.5. The van der Waals surface area contributed by atoms with Crippen molar-refractivity contribution in [2.75, 3.05) is 0 Å². The first-order valence-electron chi connectivity index (χ1n) is 5.63. The average Bonchev–Trinajstić information content (AvgIpc) is 1.96. The Morgan fingerprint density at radius 3 is 1.75 bits per heavy atom. The molecule has 0 aliphatic rings. The molecule has 0 aliphatic heterocycles. The fourth-order valence-corrected chi connectivity index (χ4v) is 0.856. The highest BCUT2D eigenvalue weighted by molar-refractivity contribution is 6.49. The molecule has 0 aliphatic carbocycles. The van der Waals surface area contributed by atoms with Crippen LogP contribution in [0.15, 0.2) is 12.1 Å². The number of hydrogen-bond donors (Lipinski definition) is 2. The average molecular weight is 228 g/mol. The van der Waals surface area contributed by atoms with Crippen LogP contribution in [0, 0.1) is 5.41 Å². The summed E-state index contributed by atoms with van der Waals surface area (Å²) in [5.41, 5.74) is -1.82. The van der Waals surface area contributed by atoms with Gasteiger partial charge in [-0.3, -0.25) is 0 Å². The molecule has 0 fully saturated rings. The highest BCUT2D eigenvalue weighted by Gasteiger charge is 2.38. The monoisotopic (exact) mass is 228 g/mol. The van der Waals surface area contributed by atoms with Gasteiger partial charge in [0.15, 0.2) is 0 Å². The Hall–Kier alpha value is -0.315. The molecule has 0 atom stereocenters. The Labute approximate surface area is 99.7 Å². The maximum Gasteiger partial charge on any atom is 0.483 e. The van der Waals surface area contributed by atoms with Gasteiger partial charge in [0, 0.05) is 0 Å². The number of hydrogen-bond acceptors (Lipinski definition) is 3. The van der Waals surface area contributed by atoms with Crippen LogP contribution >= 0.6 is 0 Å². The lowest BCUT2D eigenvalue weighted by Gasteiger charge is -2.38. The molecule has 0 aromatic rings. The molecule has 0 heterocycles. The van der Waals surface area contributed by atoms with Gasteiger partial charge in [-0.1, -0.05) is 32.8 Å². The molecule has 94 valence electrons. The van der Waals surface area contributed by atoms with Gasteiger partial charge in [-0.2, -0.15) is 0 Å². The minimum atomic E-state index is -1.01. The molecule has 3 nitrogen and oxygen atoms in total. The van der Waals surface area contributed by atoms with Crippen LogP contribution in [0.2, 0.25) is 0 Å². The third-order valence-corrected chi connectivity index (χ3v) is 2.65. The second kappa shape index (κ2) is 4.90. The van der Waals surface area contributed by atoms with Gasteiger partial charge in [-0.25, -0.2) is 0 Å². The van der Waals surface area contributed by atoms with Crippen molar-refractivity contribution in [1.29, 1.82) is 0 Å². The second-order valence-corrected chi connectivity index (χ2v) is 6.30. The molecule has 0 amide bonds. The summed E-state index contributed by atoms with van der Waals surface area (Å²) in [6, 6.07) is 0. The Bertz CT molecular complexity index is 246. The van der Waals surface area contributed by atoms with Crippen LogP contribution in [-0.4, -0.2) is 28.5 Å². The highest BCUT2D eigenvalue weighted by atomic mass is 16.5. The molecule has 2 N–H and O–H groups in total. The van der Waals surface area contributed by atoms with Gasteiger partial charge in [0.2, 0.25) is 0 Å². The van der Waals surface area contributed by atoms with Crippen LogP contribution in [0.3, 0.4) is 0 Å². The van der Waals surface area contributed by atoms with E-state index in [9.17, 15) is 10.1 Å². The Balaban J connectivity index is 4.47. The van der Waals surface area contributed by atoms with Crippen molar-refractivity contribution in [2.45, 2.75) is 59.7 Å². The lowest BCUT2D eigenvalue weighted by atomic mass is 9.81. The second-order valence-electron chi connectivity index (χ2n) is 6.30. The molecule has 0 rings (SSSR count). The molecular formula is C12H25BO3. The van der Waals surface area contributed by atoms with E-state index in [1.807, 2.05) is 26.8 Å². The van der Waals surface area contributed by atoms with Gasteiger partial charge in [-0.15, -0.1) is 0 Å². The summed E-state index contributed by atoms with van der Waals surface area (Å²) in [6.07, 6.45) is 1.89. The van der Waals surface area contributed by atoms with Crippen LogP contribution in [0.4, 0.5) is 0 Å². The SMILES string of the molecule is CC(C)(C)/C=C/B(O)OC(C)(C)C(C)(C)O. The zero-order chi connectivity index (χ0) is 13.2. The van der Waals surface area contributed by atoms with E-state index in [0.717, 1.165) is 0 Å². The van der Waals surface area contributed by atoms with Crippen molar-refractivity contribution in [1.82, 2.24) is 0 Å². The first-order chi connectivity index (χ1) is 6.85. The normalized spacial score (nSPS) is 14.6. The molecule has 0 saturated carbocycles. The molecule has 4 heteroatoms. The van der Waals surface area contributed by atoms with E-state index < -0.39 is 18.3 Å². The van der Waals surface area contributed by atoms with Crippen molar-refractivity contribution in [3.63, 3.8) is 0 Å². The van der Waals surface area contributed by atoms with Crippen LogP contribution in [0.1, 0.15) is 48.5 Å². The first-order valence-corrected chi connectivity index (χ1v) is 5.63. The number of rotatable bonds is 4. The summed E-state index contributed by atoms with van der Waals surface area (Å²) >= 11 is 0. The molecule has 0 bridgehead atoms. The van der Waals surface area contributed by atoms with Crippen molar-refractivity contribution in [3.05, 3.63) is 12.1 Å². The van der Waals surface area contributed by atoms with E-state index in [2.05, 4.69) is 0 Å². The van der Waals surface area contributed by atoms with Crippen molar-refractivity contribution >= 4 is 7.12 Å². The summed E-state index contributed by atoms with van der Waals surface area (Å²) in [4.78, 5) is 0. The van der Waals surface area contributed by atoms with Crippen molar-refractivity contribution in [3.8, 4) is 0 Å². The zero-order valence-corrected chi connectivity index (χ0v) is 11.5. The predicted octanol–water partition coefficient (Wildman–Crippen LogP) is 2.17. The standard InChI is InChI=1S/C12H25BO3/c1-10(2,3)8-9-13(15)16-12(6,7)11(4,5)14/h8-9,14-15H,1-7H3/b9-8+. The molecule has 0 aromatic carbocycles. The molecule has 0 unspecified atom stereocenters.